The minimum absolute atomic E-state index is 0.00889. The second kappa shape index (κ2) is 16.0. The number of amides is 1. The van der Waals surface area contributed by atoms with Gasteiger partial charge in [-0.2, -0.15) is 0 Å². The summed E-state index contributed by atoms with van der Waals surface area (Å²) in [4.78, 5) is 14.5. The Hall–Kier alpha value is -3.49. The summed E-state index contributed by atoms with van der Waals surface area (Å²) in [7, 11) is 0. The van der Waals surface area contributed by atoms with Gasteiger partial charge in [0.2, 0.25) is 0 Å². The number of likely N-dealkylation sites (tertiary alicyclic amines) is 1. The van der Waals surface area contributed by atoms with Crippen LogP contribution in [0.4, 0.5) is 4.79 Å². The number of carbonyl (C=O) groups is 1. The van der Waals surface area contributed by atoms with Crippen LogP contribution in [0.1, 0.15) is 73.7 Å². The van der Waals surface area contributed by atoms with E-state index in [9.17, 15) is 9.90 Å². The van der Waals surface area contributed by atoms with Gasteiger partial charge in [-0.3, -0.25) is 0 Å². The number of alkyl carbamates (subject to hydrolysis) is 1. The number of carbonyl (C=O) groups excluding carboxylic acids is 1. The Labute approximate surface area is 261 Å². The standard InChI is InChI=1S/C37H46N2O5/c1-3-21-42-37(41)38-24-29-11-9-12-31(22-29)32-13-10-14-33(23-32)36-43-34(25-39-19-7-5-4-6-8-20-39)27(2)35(44-36)30-17-15-28(26-40)16-18-30/h3,9-18,22-23,27,34-36,40H,1,4-8,19-21,24-26H2,2H3,(H,38,41). The van der Waals surface area contributed by atoms with Crippen molar-refractivity contribution in [2.75, 3.05) is 26.2 Å². The van der Waals surface area contributed by atoms with Gasteiger partial charge in [-0.1, -0.05) is 99.5 Å². The molecule has 2 N–H and O–H groups in total. The zero-order valence-electron chi connectivity index (χ0n) is 25.8. The number of rotatable bonds is 10. The Kier molecular flexibility index (Phi) is 11.6. The molecule has 44 heavy (non-hydrogen) atoms. The number of hydrogen-bond acceptors (Lipinski definition) is 6. The van der Waals surface area contributed by atoms with E-state index >= 15 is 0 Å². The molecule has 7 nitrogen and oxygen atoms in total. The van der Waals surface area contributed by atoms with E-state index in [0.29, 0.717) is 6.54 Å². The van der Waals surface area contributed by atoms with Gasteiger partial charge in [-0.25, -0.2) is 4.79 Å². The number of aliphatic hydroxyl groups excluding tert-OH is 1. The number of nitrogens with one attached hydrogen (secondary N) is 1. The number of ether oxygens (including phenoxy) is 3. The molecule has 0 bridgehead atoms. The molecular weight excluding hydrogens is 552 g/mol. The van der Waals surface area contributed by atoms with E-state index in [1.165, 1.54) is 32.1 Å². The largest absolute Gasteiger partial charge is 0.445 e. The summed E-state index contributed by atoms with van der Waals surface area (Å²) < 4.78 is 18.6. The third-order valence-electron chi connectivity index (χ3n) is 8.70. The predicted molar refractivity (Wildman–Crippen MR) is 173 cm³/mol. The Morgan fingerprint density at radius 1 is 0.932 bits per heavy atom. The van der Waals surface area contributed by atoms with Crippen LogP contribution >= 0.6 is 0 Å². The maximum absolute atomic E-state index is 11.9. The van der Waals surface area contributed by atoms with Crippen LogP contribution in [0.5, 0.6) is 0 Å². The normalized spacial score (nSPS) is 22.9. The van der Waals surface area contributed by atoms with Gasteiger partial charge in [0.15, 0.2) is 6.29 Å². The molecule has 2 saturated heterocycles. The molecule has 0 aromatic heterocycles. The van der Waals surface area contributed by atoms with Gasteiger partial charge in [-0.15, -0.1) is 0 Å². The van der Waals surface area contributed by atoms with Crippen LogP contribution in [-0.4, -0.2) is 48.4 Å². The minimum atomic E-state index is -0.516. The number of hydrogen-bond donors (Lipinski definition) is 2. The summed E-state index contributed by atoms with van der Waals surface area (Å²) in [5.41, 5.74) is 6.03. The molecule has 3 aromatic rings. The summed E-state index contributed by atoms with van der Waals surface area (Å²) in [6, 6.07) is 24.6. The van der Waals surface area contributed by atoms with Crippen LogP contribution in [0.2, 0.25) is 0 Å². The molecule has 0 aliphatic carbocycles. The first-order valence-electron chi connectivity index (χ1n) is 16.0. The summed E-state index contributed by atoms with van der Waals surface area (Å²) in [5.74, 6) is 0.155. The first kappa shape index (κ1) is 31.9. The average molecular weight is 599 g/mol. The van der Waals surface area contributed by atoms with Crippen molar-refractivity contribution in [3.63, 3.8) is 0 Å². The average Bonchev–Trinajstić information content (AvgIpc) is 3.05. The number of aliphatic hydroxyl groups is 1. The van der Waals surface area contributed by atoms with Crippen molar-refractivity contribution in [2.24, 2.45) is 5.92 Å². The molecule has 2 heterocycles. The Morgan fingerprint density at radius 3 is 2.36 bits per heavy atom. The van der Waals surface area contributed by atoms with E-state index < -0.39 is 12.4 Å². The molecule has 0 saturated carbocycles. The van der Waals surface area contributed by atoms with Crippen molar-refractivity contribution in [3.8, 4) is 11.1 Å². The van der Waals surface area contributed by atoms with Crippen LogP contribution in [0.25, 0.3) is 11.1 Å². The summed E-state index contributed by atoms with van der Waals surface area (Å²) in [6.45, 7) is 9.48. The highest BCUT2D eigenvalue weighted by Crippen LogP contribution is 2.42. The van der Waals surface area contributed by atoms with E-state index in [2.05, 4.69) is 66.2 Å². The van der Waals surface area contributed by atoms with Crippen molar-refractivity contribution >= 4 is 6.09 Å². The Bertz CT molecular complexity index is 1350. The smallest absolute Gasteiger partial charge is 0.407 e. The third kappa shape index (κ3) is 8.57. The molecule has 2 aliphatic rings. The highest BCUT2D eigenvalue weighted by molar-refractivity contribution is 5.68. The first-order chi connectivity index (χ1) is 21.5. The molecule has 3 aromatic carbocycles. The van der Waals surface area contributed by atoms with Crippen molar-refractivity contribution in [2.45, 2.75) is 70.7 Å². The lowest BCUT2D eigenvalue weighted by Gasteiger charge is -2.43. The molecule has 4 unspecified atom stereocenters. The second-order valence-electron chi connectivity index (χ2n) is 12.0. The quantitative estimate of drug-likeness (QED) is 0.238. The van der Waals surface area contributed by atoms with E-state index in [1.54, 1.807) is 6.08 Å². The molecule has 1 amide bonds. The zero-order chi connectivity index (χ0) is 30.7. The summed E-state index contributed by atoms with van der Waals surface area (Å²) >= 11 is 0. The van der Waals surface area contributed by atoms with Crippen LogP contribution in [0.3, 0.4) is 0 Å². The fraction of sp³-hybridized carbons (Fsp3) is 0.432. The van der Waals surface area contributed by atoms with E-state index in [-0.39, 0.29) is 31.3 Å². The Morgan fingerprint density at radius 2 is 1.64 bits per heavy atom. The Balaban J connectivity index is 1.37. The van der Waals surface area contributed by atoms with Gasteiger partial charge >= 0.3 is 6.09 Å². The van der Waals surface area contributed by atoms with Gasteiger partial charge in [-0.05, 0) is 65.9 Å². The van der Waals surface area contributed by atoms with Gasteiger partial charge < -0.3 is 29.5 Å². The summed E-state index contributed by atoms with van der Waals surface area (Å²) in [6.07, 6.45) is 6.83. The lowest BCUT2D eigenvalue weighted by Crippen LogP contribution is -2.45. The molecule has 5 rings (SSSR count). The highest BCUT2D eigenvalue weighted by Gasteiger charge is 2.39. The molecule has 0 radical (unpaired) electrons. The van der Waals surface area contributed by atoms with Crippen LogP contribution in [0, 0.1) is 5.92 Å². The number of nitrogens with zero attached hydrogens (tertiary/aromatic N) is 1. The molecule has 234 valence electrons. The SMILES string of the molecule is C=CCOC(=O)NCc1cccc(-c2cccc(C3OC(CN4CCCCCCC4)C(C)C(c4ccc(CO)cc4)O3)c2)c1. The third-order valence-corrected chi connectivity index (χ3v) is 8.70. The maximum atomic E-state index is 11.9. The van der Waals surface area contributed by atoms with Crippen molar-refractivity contribution in [1.29, 1.82) is 0 Å². The lowest BCUT2D eigenvalue weighted by molar-refractivity contribution is -0.276. The fourth-order valence-corrected chi connectivity index (χ4v) is 6.16. The van der Waals surface area contributed by atoms with Crippen molar-refractivity contribution in [1.82, 2.24) is 10.2 Å². The monoisotopic (exact) mass is 598 g/mol. The fourth-order valence-electron chi connectivity index (χ4n) is 6.16. The lowest BCUT2D eigenvalue weighted by atomic mass is 9.89. The molecule has 2 fully saturated rings. The van der Waals surface area contributed by atoms with Crippen molar-refractivity contribution < 1.29 is 24.1 Å². The number of benzene rings is 3. The van der Waals surface area contributed by atoms with Gasteiger partial charge in [0.1, 0.15) is 6.61 Å². The maximum Gasteiger partial charge on any atom is 0.407 e. The van der Waals surface area contributed by atoms with Crippen LogP contribution in [0.15, 0.2) is 85.5 Å². The molecule has 7 heteroatoms. The van der Waals surface area contributed by atoms with E-state index in [4.69, 9.17) is 14.2 Å². The van der Waals surface area contributed by atoms with Crippen molar-refractivity contribution in [3.05, 3.63) is 108 Å². The summed E-state index contributed by atoms with van der Waals surface area (Å²) in [5, 5.41) is 12.4. The van der Waals surface area contributed by atoms with Crippen LogP contribution < -0.4 is 5.32 Å². The van der Waals surface area contributed by atoms with Gasteiger partial charge in [0.05, 0.1) is 18.8 Å². The minimum Gasteiger partial charge on any atom is -0.445 e. The van der Waals surface area contributed by atoms with E-state index in [0.717, 1.165) is 53.0 Å². The molecule has 4 atom stereocenters. The molecule has 2 aliphatic heterocycles. The van der Waals surface area contributed by atoms with Gasteiger partial charge in [0, 0.05) is 24.6 Å². The zero-order valence-corrected chi connectivity index (χ0v) is 25.8. The van der Waals surface area contributed by atoms with E-state index in [1.807, 2.05) is 30.3 Å². The highest BCUT2D eigenvalue weighted by atomic mass is 16.7. The van der Waals surface area contributed by atoms with Gasteiger partial charge in [0.25, 0.3) is 0 Å². The predicted octanol–water partition coefficient (Wildman–Crippen LogP) is 7.32. The first-order valence-corrected chi connectivity index (χ1v) is 16.0. The molecule has 0 spiro atoms. The molecular formula is C37H46N2O5. The topological polar surface area (TPSA) is 80.3 Å². The van der Waals surface area contributed by atoms with Crippen LogP contribution in [-0.2, 0) is 27.4 Å². The second-order valence-corrected chi connectivity index (χ2v) is 12.0.